The maximum absolute atomic E-state index is 11.3. The van der Waals surface area contributed by atoms with Gasteiger partial charge in [-0.3, -0.25) is 4.79 Å². The van der Waals surface area contributed by atoms with Crippen LogP contribution in [0.4, 0.5) is 0 Å². The van der Waals surface area contributed by atoms with Crippen LogP contribution >= 0.6 is 0 Å². The molecule has 0 radical (unpaired) electrons. The number of aromatic nitrogens is 2. The van der Waals surface area contributed by atoms with Crippen molar-refractivity contribution in [3.8, 4) is 0 Å². The second kappa shape index (κ2) is 7.00. The quantitative estimate of drug-likeness (QED) is 0.659. The lowest BCUT2D eigenvalue weighted by Gasteiger charge is -2.08. The number of carbonyl (C=O) groups is 1. The van der Waals surface area contributed by atoms with Gasteiger partial charge in [-0.25, -0.2) is 4.98 Å². The maximum Gasteiger partial charge on any atom is 0.221 e. The molecule has 0 unspecified atom stereocenters. The van der Waals surface area contributed by atoms with Gasteiger partial charge in [0.1, 0.15) is 0 Å². The third-order valence-electron chi connectivity index (χ3n) is 2.08. The van der Waals surface area contributed by atoms with Gasteiger partial charge >= 0.3 is 0 Å². The van der Waals surface area contributed by atoms with Gasteiger partial charge in [-0.1, -0.05) is 0 Å². The molecule has 90 valence electrons. The lowest BCUT2D eigenvalue weighted by Crippen LogP contribution is -2.33. The van der Waals surface area contributed by atoms with Gasteiger partial charge in [0, 0.05) is 44.5 Å². The SMILES string of the molecule is CC(C)NC(=O)CCNCCn1ccnc1. The van der Waals surface area contributed by atoms with Crippen LogP contribution in [0.5, 0.6) is 0 Å². The van der Waals surface area contributed by atoms with Crippen LogP contribution in [0.3, 0.4) is 0 Å². The molecule has 1 heterocycles. The van der Waals surface area contributed by atoms with Gasteiger partial charge < -0.3 is 15.2 Å². The fraction of sp³-hybridized carbons (Fsp3) is 0.636. The van der Waals surface area contributed by atoms with Crippen LogP contribution in [0.15, 0.2) is 18.7 Å². The summed E-state index contributed by atoms with van der Waals surface area (Å²) in [6.07, 6.45) is 6.00. The molecular weight excluding hydrogens is 204 g/mol. The van der Waals surface area contributed by atoms with E-state index in [0.29, 0.717) is 13.0 Å². The van der Waals surface area contributed by atoms with Gasteiger partial charge in [-0.2, -0.15) is 0 Å². The Morgan fingerprint density at radius 3 is 2.88 bits per heavy atom. The van der Waals surface area contributed by atoms with Gasteiger partial charge in [0.15, 0.2) is 0 Å². The van der Waals surface area contributed by atoms with E-state index in [1.807, 2.05) is 24.6 Å². The molecule has 0 aliphatic heterocycles. The fourth-order valence-electron chi connectivity index (χ4n) is 1.35. The van der Waals surface area contributed by atoms with Gasteiger partial charge in [0.25, 0.3) is 0 Å². The summed E-state index contributed by atoms with van der Waals surface area (Å²) >= 11 is 0. The number of nitrogens with zero attached hydrogens (tertiary/aromatic N) is 2. The number of nitrogens with one attached hydrogen (secondary N) is 2. The first-order chi connectivity index (χ1) is 7.68. The standard InChI is InChI=1S/C11H20N4O/c1-10(2)14-11(16)3-4-12-5-7-15-8-6-13-9-15/h6,8-10,12H,3-5,7H2,1-2H3,(H,14,16). The van der Waals surface area contributed by atoms with E-state index in [4.69, 9.17) is 0 Å². The van der Waals surface area contributed by atoms with Crippen molar-refractivity contribution in [2.24, 2.45) is 0 Å². The molecule has 0 bridgehead atoms. The lowest BCUT2D eigenvalue weighted by atomic mass is 10.3. The summed E-state index contributed by atoms with van der Waals surface area (Å²) in [5, 5.41) is 6.07. The van der Waals surface area contributed by atoms with E-state index < -0.39 is 0 Å². The molecule has 0 atom stereocenters. The zero-order valence-electron chi connectivity index (χ0n) is 9.94. The highest BCUT2D eigenvalue weighted by molar-refractivity contribution is 5.76. The van der Waals surface area contributed by atoms with Crippen LogP contribution in [0.1, 0.15) is 20.3 Å². The summed E-state index contributed by atoms with van der Waals surface area (Å²) < 4.78 is 2.00. The van der Waals surface area contributed by atoms with E-state index in [0.717, 1.165) is 13.1 Å². The number of imidazole rings is 1. The zero-order chi connectivity index (χ0) is 11.8. The second-order valence-electron chi connectivity index (χ2n) is 4.02. The predicted octanol–water partition coefficient (Wildman–Crippen LogP) is 0.387. The Bertz CT molecular complexity index is 295. The van der Waals surface area contributed by atoms with Gasteiger partial charge in [0.2, 0.25) is 5.91 Å². The molecule has 0 fully saturated rings. The van der Waals surface area contributed by atoms with Crippen LogP contribution in [0.2, 0.25) is 0 Å². The number of carbonyl (C=O) groups excluding carboxylic acids is 1. The minimum absolute atomic E-state index is 0.102. The molecule has 5 heteroatoms. The Kier molecular flexibility index (Phi) is 5.56. The average Bonchev–Trinajstić information content (AvgIpc) is 2.68. The summed E-state index contributed by atoms with van der Waals surface area (Å²) in [4.78, 5) is 15.2. The zero-order valence-corrected chi connectivity index (χ0v) is 9.94. The topological polar surface area (TPSA) is 59.0 Å². The smallest absolute Gasteiger partial charge is 0.221 e. The fourth-order valence-corrected chi connectivity index (χ4v) is 1.35. The monoisotopic (exact) mass is 224 g/mol. The molecule has 0 saturated heterocycles. The Balaban J connectivity index is 1.98. The minimum Gasteiger partial charge on any atom is -0.354 e. The molecule has 1 aromatic rings. The summed E-state index contributed by atoms with van der Waals surface area (Å²) in [7, 11) is 0. The van der Waals surface area contributed by atoms with Crippen molar-refractivity contribution in [3.63, 3.8) is 0 Å². The van der Waals surface area contributed by atoms with E-state index >= 15 is 0 Å². The molecule has 0 saturated carbocycles. The molecule has 16 heavy (non-hydrogen) atoms. The first-order valence-corrected chi connectivity index (χ1v) is 5.64. The molecule has 0 aliphatic carbocycles. The van der Waals surface area contributed by atoms with E-state index in [9.17, 15) is 4.79 Å². The largest absolute Gasteiger partial charge is 0.354 e. The molecule has 0 spiro atoms. The Morgan fingerprint density at radius 1 is 1.44 bits per heavy atom. The van der Waals surface area contributed by atoms with Crippen molar-refractivity contribution >= 4 is 5.91 Å². The van der Waals surface area contributed by atoms with Crippen molar-refractivity contribution in [1.82, 2.24) is 20.2 Å². The number of amides is 1. The van der Waals surface area contributed by atoms with Crippen LogP contribution in [0.25, 0.3) is 0 Å². The molecule has 1 rings (SSSR count). The first kappa shape index (κ1) is 12.7. The van der Waals surface area contributed by atoms with E-state index in [1.54, 1.807) is 12.5 Å². The van der Waals surface area contributed by atoms with E-state index in [2.05, 4.69) is 15.6 Å². The highest BCUT2D eigenvalue weighted by Gasteiger charge is 2.01. The third kappa shape index (κ3) is 5.50. The van der Waals surface area contributed by atoms with Gasteiger partial charge in [-0.15, -0.1) is 0 Å². The number of hydrogen-bond donors (Lipinski definition) is 2. The van der Waals surface area contributed by atoms with Crippen LogP contribution < -0.4 is 10.6 Å². The Hall–Kier alpha value is -1.36. The maximum atomic E-state index is 11.3. The molecule has 1 amide bonds. The number of rotatable bonds is 7. The molecule has 0 aromatic carbocycles. The van der Waals surface area contributed by atoms with Crippen molar-refractivity contribution in [1.29, 1.82) is 0 Å². The van der Waals surface area contributed by atoms with E-state index in [1.165, 1.54) is 0 Å². The van der Waals surface area contributed by atoms with Gasteiger partial charge in [0.05, 0.1) is 6.33 Å². The first-order valence-electron chi connectivity index (χ1n) is 5.64. The molecule has 0 aliphatic rings. The molecule has 5 nitrogen and oxygen atoms in total. The van der Waals surface area contributed by atoms with Crippen molar-refractivity contribution in [2.45, 2.75) is 32.9 Å². The predicted molar refractivity (Wildman–Crippen MR) is 63.0 cm³/mol. The van der Waals surface area contributed by atoms with Crippen molar-refractivity contribution in [3.05, 3.63) is 18.7 Å². The van der Waals surface area contributed by atoms with Crippen molar-refractivity contribution < 1.29 is 4.79 Å². The van der Waals surface area contributed by atoms with Crippen LogP contribution in [0, 0.1) is 0 Å². The lowest BCUT2D eigenvalue weighted by molar-refractivity contribution is -0.121. The summed E-state index contributed by atoms with van der Waals surface area (Å²) in [6.45, 7) is 6.37. The molecular formula is C11H20N4O. The summed E-state index contributed by atoms with van der Waals surface area (Å²) in [5.41, 5.74) is 0. The van der Waals surface area contributed by atoms with Crippen molar-refractivity contribution in [2.75, 3.05) is 13.1 Å². The Labute approximate surface area is 96.3 Å². The van der Waals surface area contributed by atoms with Crippen LogP contribution in [-0.4, -0.2) is 34.6 Å². The van der Waals surface area contributed by atoms with E-state index in [-0.39, 0.29) is 11.9 Å². The van der Waals surface area contributed by atoms with Gasteiger partial charge in [-0.05, 0) is 13.8 Å². The minimum atomic E-state index is 0.102. The van der Waals surface area contributed by atoms with Crippen LogP contribution in [-0.2, 0) is 11.3 Å². The highest BCUT2D eigenvalue weighted by Crippen LogP contribution is 1.85. The summed E-state index contributed by atoms with van der Waals surface area (Å²) in [5.74, 6) is 0.102. The second-order valence-corrected chi connectivity index (χ2v) is 4.02. The normalized spacial score (nSPS) is 10.7. The average molecular weight is 224 g/mol. The third-order valence-corrected chi connectivity index (χ3v) is 2.08. The summed E-state index contributed by atoms with van der Waals surface area (Å²) in [6, 6.07) is 0.221. The Morgan fingerprint density at radius 2 is 2.25 bits per heavy atom. The molecule has 1 aromatic heterocycles. The number of hydrogen-bond acceptors (Lipinski definition) is 3. The highest BCUT2D eigenvalue weighted by atomic mass is 16.1. The molecule has 2 N–H and O–H groups in total.